The summed E-state index contributed by atoms with van der Waals surface area (Å²) in [5, 5.41) is 13.7. The van der Waals surface area contributed by atoms with Crippen molar-refractivity contribution in [3.63, 3.8) is 0 Å². The Hall–Kier alpha value is -2.32. The molecule has 0 spiro atoms. The van der Waals surface area contributed by atoms with Crippen LogP contribution in [0.15, 0.2) is 24.3 Å². The molecule has 0 aliphatic heterocycles. The third-order valence-electron chi connectivity index (χ3n) is 4.69. The number of aryl methyl sites for hydroxylation is 1. The van der Waals surface area contributed by atoms with Gasteiger partial charge in [0, 0.05) is 11.5 Å². The zero-order valence-corrected chi connectivity index (χ0v) is 16.8. The fraction of sp³-hybridized carbons (Fsp3) is 0.368. The molecule has 27 heavy (non-hydrogen) atoms. The highest BCUT2D eigenvalue weighted by Gasteiger charge is 2.23. The number of nitrogens with one attached hydrogen (secondary N) is 1. The fourth-order valence-electron chi connectivity index (χ4n) is 3.26. The molecule has 2 aromatic heterocycles. The van der Waals surface area contributed by atoms with Gasteiger partial charge in [-0.2, -0.15) is 0 Å². The van der Waals surface area contributed by atoms with E-state index in [0.717, 1.165) is 21.3 Å². The van der Waals surface area contributed by atoms with Crippen molar-refractivity contribution >= 4 is 33.7 Å². The number of aromatic nitrogens is 3. The summed E-state index contributed by atoms with van der Waals surface area (Å²) >= 11 is 2.85. The van der Waals surface area contributed by atoms with Crippen molar-refractivity contribution in [2.24, 2.45) is 0 Å². The highest BCUT2D eigenvalue weighted by molar-refractivity contribution is 7.17. The summed E-state index contributed by atoms with van der Waals surface area (Å²) in [5.74, 6) is 1.07. The average molecular weight is 401 g/mol. The third kappa shape index (κ3) is 3.86. The molecule has 0 unspecified atom stereocenters. The maximum atomic E-state index is 12.7. The molecule has 1 aliphatic rings. The third-order valence-corrected chi connectivity index (χ3v) is 6.89. The molecular weight excluding hydrogens is 380 g/mol. The summed E-state index contributed by atoms with van der Waals surface area (Å²) in [6, 6.07) is 7.67. The smallest absolute Gasteiger partial charge is 0.269 e. The van der Waals surface area contributed by atoms with Gasteiger partial charge in [-0.15, -0.1) is 21.5 Å². The van der Waals surface area contributed by atoms with E-state index in [1.165, 1.54) is 48.4 Å². The van der Waals surface area contributed by atoms with Crippen molar-refractivity contribution < 1.29 is 9.53 Å². The van der Waals surface area contributed by atoms with E-state index in [1.807, 2.05) is 31.2 Å². The second-order valence-corrected chi connectivity index (χ2v) is 8.55. The highest BCUT2D eigenvalue weighted by Crippen LogP contribution is 2.37. The van der Waals surface area contributed by atoms with E-state index >= 15 is 0 Å². The van der Waals surface area contributed by atoms with Gasteiger partial charge in [0.15, 0.2) is 0 Å². The van der Waals surface area contributed by atoms with E-state index in [-0.39, 0.29) is 5.91 Å². The number of methoxy groups -OCH3 is 1. The molecule has 2 heterocycles. The van der Waals surface area contributed by atoms with Crippen molar-refractivity contribution in [1.82, 2.24) is 15.2 Å². The minimum atomic E-state index is -0.187. The molecule has 0 atom stereocenters. The van der Waals surface area contributed by atoms with Crippen LogP contribution < -0.4 is 10.1 Å². The van der Waals surface area contributed by atoms with Gasteiger partial charge in [-0.3, -0.25) is 10.1 Å². The van der Waals surface area contributed by atoms with Gasteiger partial charge in [0.2, 0.25) is 5.13 Å². The van der Waals surface area contributed by atoms with E-state index in [0.29, 0.717) is 21.6 Å². The lowest BCUT2D eigenvalue weighted by atomic mass is 10.1. The summed E-state index contributed by atoms with van der Waals surface area (Å²) in [4.78, 5) is 17.9. The first-order valence-electron chi connectivity index (χ1n) is 8.90. The van der Waals surface area contributed by atoms with Gasteiger partial charge in [0.05, 0.1) is 12.8 Å². The van der Waals surface area contributed by atoms with Crippen LogP contribution in [0.25, 0.3) is 10.6 Å². The summed E-state index contributed by atoms with van der Waals surface area (Å²) in [5.41, 5.74) is 1.64. The largest absolute Gasteiger partial charge is 0.497 e. The van der Waals surface area contributed by atoms with Crippen molar-refractivity contribution in [2.45, 2.75) is 38.5 Å². The molecule has 1 fully saturated rings. The van der Waals surface area contributed by atoms with E-state index in [9.17, 15) is 4.79 Å². The number of hydrogen-bond acceptors (Lipinski definition) is 7. The first-order chi connectivity index (χ1) is 13.1. The number of anilines is 1. The Labute approximate surface area is 165 Å². The zero-order chi connectivity index (χ0) is 18.8. The molecule has 0 saturated heterocycles. The van der Waals surface area contributed by atoms with Gasteiger partial charge < -0.3 is 4.74 Å². The summed E-state index contributed by atoms with van der Waals surface area (Å²) in [7, 11) is 1.63. The van der Waals surface area contributed by atoms with Crippen LogP contribution in [0.5, 0.6) is 5.75 Å². The van der Waals surface area contributed by atoms with Crippen molar-refractivity contribution in [1.29, 1.82) is 0 Å². The Morgan fingerprint density at radius 3 is 2.81 bits per heavy atom. The summed E-state index contributed by atoms with van der Waals surface area (Å²) in [6.07, 6.45) is 4.83. The molecule has 0 radical (unpaired) electrons. The second kappa shape index (κ2) is 7.74. The van der Waals surface area contributed by atoms with Gasteiger partial charge in [-0.05, 0) is 31.9 Å². The monoisotopic (exact) mass is 400 g/mol. The molecule has 0 bridgehead atoms. The number of nitrogens with zero attached hydrogens (tertiary/aromatic N) is 3. The quantitative estimate of drug-likeness (QED) is 0.660. The molecule has 1 aliphatic carbocycles. The van der Waals surface area contributed by atoms with Gasteiger partial charge in [0.25, 0.3) is 5.91 Å². The van der Waals surface area contributed by atoms with Crippen molar-refractivity contribution in [3.8, 4) is 16.3 Å². The predicted octanol–water partition coefficient (Wildman–Crippen LogP) is 4.89. The van der Waals surface area contributed by atoms with Crippen LogP contribution in [0.2, 0.25) is 0 Å². The van der Waals surface area contributed by atoms with Crippen LogP contribution in [0.1, 0.15) is 52.0 Å². The first-order valence-corrected chi connectivity index (χ1v) is 10.5. The van der Waals surface area contributed by atoms with E-state index in [4.69, 9.17) is 4.74 Å². The molecule has 1 N–H and O–H groups in total. The van der Waals surface area contributed by atoms with Crippen LogP contribution in [0.3, 0.4) is 0 Å². The van der Waals surface area contributed by atoms with Gasteiger partial charge in [-0.25, -0.2) is 4.98 Å². The molecule has 8 heteroatoms. The number of rotatable bonds is 5. The Bertz CT molecular complexity index is 960. The average Bonchev–Trinajstić information content (AvgIpc) is 3.42. The van der Waals surface area contributed by atoms with Crippen molar-refractivity contribution in [2.75, 3.05) is 12.4 Å². The lowest BCUT2D eigenvalue weighted by Crippen LogP contribution is -2.11. The van der Waals surface area contributed by atoms with E-state index in [2.05, 4.69) is 20.5 Å². The van der Waals surface area contributed by atoms with Crippen LogP contribution in [0, 0.1) is 6.92 Å². The van der Waals surface area contributed by atoms with E-state index < -0.39 is 0 Å². The maximum Gasteiger partial charge on any atom is 0.269 e. The fourth-order valence-corrected chi connectivity index (χ4v) is 5.13. The SMILES string of the molecule is COc1cccc(-c2nc(C)c(C(=O)Nc3nnc(C4CCCC4)s3)s2)c1. The minimum Gasteiger partial charge on any atom is -0.497 e. The topological polar surface area (TPSA) is 77.0 Å². The number of benzene rings is 1. The molecule has 4 rings (SSSR count). The number of hydrogen-bond donors (Lipinski definition) is 1. The number of thiazole rings is 1. The number of carbonyl (C=O) groups excluding carboxylic acids is 1. The number of amides is 1. The standard InChI is InChI=1S/C19H20N4O2S2/c1-11-15(26-17(20-11)13-8-5-9-14(10-13)25-2)16(24)21-19-23-22-18(27-19)12-6-3-4-7-12/h5,8-10,12H,3-4,6-7H2,1-2H3,(H,21,23,24). The van der Waals surface area contributed by atoms with Gasteiger partial charge >= 0.3 is 0 Å². The minimum absolute atomic E-state index is 0.187. The normalized spacial score (nSPS) is 14.4. The maximum absolute atomic E-state index is 12.7. The first kappa shape index (κ1) is 18.1. The predicted molar refractivity (Wildman–Crippen MR) is 108 cm³/mol. The summed E-state index contributed by atoms with van der Waals surface area (Å²) < 4.78 is 5.27. The zero-order valence-electron chi connectivity index (χ0n) is 15.2. The van der Waals surface area contributed by atoms with Crippen LogP contribution in [-0.4, -0.2) is 28.2 Å². The molecule has 1 aromatic carbocycles. The Morgan fingerprint density at radius 1 is 1.22 bits per heavy atom. The molecule has 3 aromatic rings. The van der Waals surface area contributed by atoms with E-state index in [1.54, 1.807) is 7.11 Å². The van der Waals surface area contributed by atoms with Crippen LogP contribution >= 0.6 is 22.7 Å². The van der Waals surface area contributed by atoms with Gasteiger partial charge in [0.1, 0.15) is 20.6 Å². The Morgan fingerprint density at radius 2 is 2.04 bits per heavy atom. The molecule has 1 saturated carbocycles. The second-order valence-electron chi connectivity index (χ2n) is 6.55. The molecule has 140 valence electrons. The Kier molecular flexibility index (Phi) is 5.18. The molecule has 6 nitrogen and oxygen atoms in total. The lowest BCUT2D eigenvalue weighted by Gasteiger charge is -2.01. The molecular formula is C19H20N4O2S2. The lowest BCUT2D eigenvalue weighted by molar-refractivity contribution is 0.102. The summed E-state index contributed by atoms with van der Waals surface area (Å²) in [6.45, 7) is 1.85. The molecule has 1 amide bonds. The van der Waals surface area contributed by atoms with Crippen molar-refractivity contribution in [3.05, 3.63) is 39.8 Å². The van der Waals surface area contributed by atoms with Crippen LogP contribution in [-0.2, 0) is 0 Å². The van der Waals surface area contributed by atoms with Crippen LogP contribution in [0.4, 0.5) is 5.13 Å². The number of carbonyl (C=O) groups is 1. The van der Waals surface area contributed by atoms with Gasteiger partial charge in [-0.1, -0.05) is 36.3 Å². The highest BCUT2D eigenvalue weighted by atomic mass is 32.1. The Balaban J connectivity index is 1.51. The number of ether oxygens (including phenoxy) is 1.